The Morgan fingerprint density at radius 1 is 1.27 bits per heavy atom. The van der Waals surface area contributed by atoms with Crippen molar-refractivity contribution in [3.8, 4) is 0 Å². The van der Waals surface area contributed by atoms with Crippen LogP contribution in [0.15, 0.2) is 24.3 Å². The van der Waals surface area contributed by atoms with Crippen LogP contribution in [0, 0.1) is 0 Å². The zero-order valence-electron chi connectivity index (χ0n) is 9.17. The molecule has 0 spiro atoms. The largest absolute Gasteiger partial charge is 1.00 e. The van der Waals surface area contributed by atoms with Crippen LogP contribution >= 0.6 is 11.6 Å². The van der Waals surface area contributed by atoms with E-state index < -0.39 is 5.60 Å². The van der Waals surface area contributed by atoms with Crippen molar-refractivity contribution < 1.29 is 17.5 Å². The molecule has 0 aromatic heterocycles. The van der Waals surface area contributed by atoms with E-state index in [2.05, 4.69) is 0 Å². The molecule has 0 radical (unpaired) electrons. The predicted molar refractivity (Wildman–Crippen MR) is 59.6 cm³/mol. The Bertz CT molecular complexity index is 296. The van der Waals surface area contributed by atoms with Gasteiger partial charge in [-0.1, -0.05) is 23.7 Å². The van der Waals surface area contributed by atoms with Gasteiger partial charge in [-0.25, -0.2) is 0 Å². The lowest BCUT2D eigenvalue weighted by atomic mass is 9.96. The summed E-state index contributed by atoms with van der Waals surface area (Å²) in [6.07, 6.45) is 0. The van der Waals surface area contributed by atoms with E-state index in [0.29, 0.717) is 11.6 Å². The first-order valence-electron chi connectivity index (χ1n) is 4.55. The highest BCUT2D eigenvalue weighted by atomic mass is 35.5. The maximum Gasteiger partial charge on any atom is 0.0994 e. The third kappa shape index (κ3) is 4.39. The average molecular weight is 249 g/mol. The van der Waals surface area contributed by atoms with E-state index in [4.69, 9.17) is 11.6 Å². The number of likely N-dealkylation sites (N-methyl/N-ethyl adjacent to an activating group) is 1. The maximum atomic E-state index is 10.2. The van der Waals surface area contributed by atoms with Crippen molar-refractivity contribution in [2.24, 2.45) is 0 Å². The summed E-state index contributed by atoms with van der Waals surface area (Å²) in [5, 5.41) is 10.9. The summed E-state index contributed by atoms with van der Waals surface area (Å²) in [6.45, 7) is 2.39. The van der Waals surface area contributed by atoms with Gasteiger partial charge in [0.25, 0.3) is 0 Å². The van der Waals surface area contributed by atoms with Gasteiger partial charge in [0.05, 0.1) is 5.60 Å². The Kier molecular flexibility index (Phi) is 5.60. The standard InChI is InChI=1S/C11H16ClNO.ClH/c1-11(14,8-13(2)3)9-4-6-10(12)7-5-9;/h4-7,14H,8H2,1-3H3;1H/p-1. The smallest absolute Gasteiger partial charge is 0.0994 e. The number of hydrogen-bond acceptors (Lipinski definition) is 2. The molecule has 1 N–H and O–H groups in total. The molecule has 1 rings (SSSR count). The summed E-state index contributed by atoms with van der Waals surface area (Å²) in [5.74, 6) is 0. The highest BCUT2D eigenvalue weighted by Crippen LogP contribution is 2.22. The average Bonchev–Trinajstić information content (AvgIpc) is 2.02. The van der Waals surface area contributed by atoms with E-state index in [1.54, 1.807) is 19.1 Å². The Balaban J connectivity index is 0.00000196. The molecule has 0 fully saturated rings. The van der Waals surface area contributed by atoms with Gasteiger partial charge in [0.15, 0.2) is 0 Å². The zero-order chi connectivity index (χ0) is 10.8. The lowest BCUT2D eigenvalue weighted by Gasteiger charge is -2.27. The van der Waals surface area contributed by atoms with Crippen LogP contribution in [0.5, 0.6) is 0 Å². The van der Waals surface area contributed by atoms with Gasteiger partial charge in [-0.05, 0) is 38.7 Å². The lowest BCUT2D eigenvalue weighted by Crippen LogP contribution is -3.00. The van der Waals surface area contributed by atoms with Crippen molar-refractivity contribution in [1.29, 1.82) is 0 Å². The summed E-state index contributed by atoms with van der Waals surface area (Å²) >= 11 is 5.78. The molecular weight excluding hydrogens is 233 g/mol. The van der Waals surface area contributed by atoms with E-state index in [9.17, 15) is 5.11 Å². The molecule has 0 aliphatic carbocycles. The molecule has 2 nitrogen and oxygen atoms in total. The molecular formula is C11H16Cl2NO-. The van der Waals surface area contributed by atoms with Gasteiger partial charge in [0, 0.05) is 11.6 Å². The van der Waals surface area contributed by atoms with Gasteiger partial charge < -0.3 is 22.4 Å². The molecule has 1 aromatic rings. The first kappa shape index (κ1) is 14.7. The van der Waals surface area contributed by atoms with Crippen molar-refractivity contribution in [3.63, 3.8) is 0 Å². The first-order valence-corrected chi connectivity index (χ1v) is 4.93. The van der Waals surface area contributed by atoms with Crippen LogP contribution in [0.2, 0.25) is 5.02 Å². The van der Waals surface area contributed by atoms with E-state index >= 15 is 0 Å². The second-order valence-electron chi connectivity index (χ2n) is 4.02. The SMILES string of the molecule is CN(C)CC(C)(O)c1ccc(Cl)cc1.[Cl-]. The third-order valence-electron chi connectivity index (χ3n) is 2.09. The van der Waals surface area contributed by atoms with Crippen molar-refractivity contribution in [3.05, 3.63) is 34.9 Å². The number of rotatable bonds is 3. The molecule has 0 saturated carbocycles. The van der Waals surface area contributed by atoms with Crippen LogP contribution in [-0.4, -0.2) is 30.6 Å². The Morgan fingerprint density at radius 3 is 2.13 bits per heavy atom. The van der Waals surface area contributed by atoms with Gasteiger partial charge in [-0.15, -0.1) is 0 Å². The Hall–Kier alpha value is -0.280. The van der Waals surface area contributed by atoms with Crippen LogP contribution in [-0.2, 0) is 5.60 Å². The lowest BCUT2D eigenvalue weighted by molar-refractivity contribution is -0.0000182. The van der Waals surface area contributed by atoms with Crippen LogP contribution in [0.4, 0.5) is 0 Å². The molecule has 15 heavy (non-hydrogen) atoms. The van der Waals surface area contributed by atoms with Gasteiger partial charge in [0.1, 0.15) is 0 Å². The molecule has 0 amide bonds. The van der Waals surface area contributed by atoms with E-state index in [1.165, 1.54) is 0 Å². The molecule has 86 valence electrons. The summed E-state index contributed by atoms with van der Waals surface area (Å²) in [6, 6.07) is 7.29. The minimum atomic E-state index is -0.825. The van der Waals surface area contributed by atoms with Gasteiger partial charge in [-0.2, -0.15) is 0 Å². The number of halogens is 2. The fourth-order valence-corrected chi connectivity index (χ4v) is 1.64. The number of aliphatic hydroxyl groups is 1. The number of hydrogen-bond donors (Lipinski definition) is 1. The normalized spacial score (nSPS) is 14.5. The fraction of sp³-hybridized carbons (Fsp3) is 0.455. The minimum Gasteiger partial charge on any atom is -1.00 e. The molecule has 0 heterocycles. The van der Waals surface area contributed by atoms with Crippen LogP contribution in [0.1, 0.15) is 12.5 Å². The van der Waals surface area contributed by atoms with E-state index in [0.717, 1.165) is 5.56 Å². The summed E-state index contributed by atoms with van der Waals surface area (Å²) in [7, 11) is 3.87. The summed E-state index contributed by atoms with van der Waals surface area (Å²) < 4.78 is 0. The maximum absolute atomic E-state index is 10.2. The van der Waals surface area contributed by atoms with Crippen molar-refractivity contribution in [1.82, 2.24) is 4.90 Å². The van der Waals surface area contributed by atoms with E-state index in [-0.39, 0.29) is 12.4 Å². The van der Waals surface area contributed by atoms with Gasteiger partial charge in [-0.3, -0.25) is 0 Å². The summed E-state index contributed by atoms with van der Waals surface area (Å²) in [5.41, 5.74) is 0.0595. The molecule has 1 unspecified atom stereocenters. The fourth-order valence-electron chi connectivity index (χ4n) is 1.52. The quantitative estimate of drug-likeness (QED) is 0.751. The van der Waals surface area contributed by atoms with Crippen molar-refractivity contribution in [2.45, 2.75) is 12.5 Å². The third-order valence-corrected chi connectivity index (χ3v) is 2.34. The zero-order valence-corrected chi connectivity index (χ0v) is 10.7. The van der Waals surface area contributed by atoms with Crippen molar-refractivity contribution in [2.75, 3.05) is 20.6 Å². The van der Waals surface area contributed by atoms with Gasteiger partial charge in [0.2, 0.25) is 0 Å². The topological polar surface area (TPSA) is 23.5 Å². The molecule has 1 aromatic carbocycles. The van der Waals surface area contributed by atoms with Gasteiger partial charge >= 0.3 is 0 Å². The number of benzene rings is 1. The molecule has 0 aliphatic rings. The molecule has 0 saturated heterocycles. The Morgan fingerprint density at radius 2 is 1.73 bits per heavy atom. The number of nitrogens with zero attached hydrogens (tertiary/aromatic N) is 1. The molecule has 0 aliphatic heterocycles. The second kappa shape index (κ2) is 5.71. The molecule has 4 heteroatoms. The van der Waals surface area contributed by atoms with Crippen LogP contribution < -0.4 is 12.4 Å². The van der Waals surface area contributed by atoms with Crippen LogP contribution in [0.25, 0.3) is 0 Å². The Labute approximate surface area is 102 Å². The highest BCUT2D eigenvalue weighted by Gasteiger charge is 2.23. The first-order chi connectivity index (χ1) is 6.42. The highest BCUT2D eigenvalue weighted by molar-refractivity contribution is 6.30. The van der Waals surface area contributed by atoms with E-state index in [1.807, 2.05) is 31.1 Å². The molecule has 1 atom stereocenters. The summed E-state index contributed by atoms with van der Waals surface area (Å²) in [4.78, 5) is 1.95. The monoisotopic (exact) mass is 248 g/mol. The predicted octanol–water partition coefficient (Wildman–Crippen LogP) is -0.887. The second-order valence-corrected chi connectivity index (χ2v) is 4.45. The van der Waals surface area contributed by atoms with Crippen LogP contribution in [0.3, 0.4) is 0 Å². The van der Waals surface area contributed by atoms with Crippen molar-refractivity contribution >= 4 is 11.6 Å². The minimum absolute atomic E-state index is 0. The molecule has 0 bridgehead atoms.